The van der Waals surface area contributed by atoms with Crippen LogP contribution in [0.5, 0.6) is 5.75 Å². The summed E-state index contributed by atoms with van der Waals surface area (Å²) in [5.41, 5.74) is 0.472. The highest BCUT2D eigenvalue weighted by Crippen LogP contribution is 2.21. The van der Waals surface area contributed by atoms with Crippen LogP contribution in [0.1, 0.15) is 12.0 Å². The molecule has 0 bridgehead atoms. The van der Waals surface area contributed by atoms with E-state index in [9.17, 15) is 0 Å². The third-order valence-corrected chi connectivity index (χ3v) is 2.48. The molecule has 1 aromatic rings. The predicted octanol–water partition coefficient (Wildman–Crippen LogP) is 3.38. The summed E-state index contributed by atoms with van der Waals surface area (Å²) in [4.78, 5) is 0. The Morgan fingerprint density at radius 3 is 2.86 bits per heavy atom. The quantitative estimate of drug-likeness (QED) is 0.623. The molecule has 2 nitrogen and oxygen atoms in total. The van der Waals surface area contributed by atoms with E-state index in [2.05, 4.69) is 15.9 Å². The zero-order chi connectivity index (χ0) is 10.4. The maximum absolute atomic E-state index is 8.64. The second-order valence-electron chi connectivity index (χ2n) is 2.64. The van der Waals surface area contributed by atoms with Crippen molar-refractivity contribution in [1.29, 1.82) is 5.26 Å². The molecule has 1 aromatic carbocycles. The van der Waals surface area contributed by atoms with Crippen LogP contribution >= 0.6 is 27.5 Å². The molecule has 0 saturated carbocycles. The molecule has 0 fully saturated rings. The van der Waals surface area contributed by atoms with Gasteiger partial charge in [0.05, 0.1) is 17.2 Å². The molecule has 0 aliphatic heterocycles. The van der Waals surface area contributed by atoms with Crippen LogP contribution < -0.4 is 4.74 Å². The van der Waals surface area contributed by atoms with Gasteiger partial charge in [-0.1, -0.05) is 27.5 Å². The van der Waals surface area contributed by atoms with Crippen molar-refractivity contribution in [2.75, 3.05) is 11.9 Å². The number of hydrogen-bond donors (Lipinski definition) is 0. The van der Waals surface area contributed by atoms with E-state index < -0.39 is 0 Å². The Bertz CT molecular complexity index is 348. The average molecular weight is 275 g/mol. The summed E-state index contributed by atoms with van der Waals surface area (Å²) in [5.74, 6) is 0.704. The van der Waals surface area contributed by atoms with Gasteiger partial charge in [-0.25, -0.2) is 0 Å². The lowest BCUT2D eigenvalue weighted by atomic mass is 10.2. The first-order valence-corrected chi connectivity index (χ1v) is 5.66. The summed E-state index contributed by atoms with van der Waals surface area (Å²) in [6, 6.07) is 7.06. The number of alkyl halides is 1. The maximum Gasteiger partial charge on any atom is 0.120 e. The number of benzene rings is 1. The number of rotatable bonds is 4. The molecule has 0 radical (unpaired) electrons. The summed E-state index contributed by atoms with van der Waals surface area (Å²) in [7, 11) is 0. The molecule has 4 heteroatoms. The molecule has 0 spiro atoms. The van der Waals surface area contributed by atoms with Gasteiger partial charge in [0.1, 0.15) is 11.8 Å². The van der Waals surface area contributed by atoms with Crippen LogP contribution in [0.2, 0.25) is 5.02 Å². The highest BCUT2D eigenvalue weighted by atomic mass is 79.9. The Hall–Kier alpha value is -0.720. The van der Waals surface area contributed by atoms with Crippen LogP contribution in [-0.2, 0) is 0 Å². The minimum absolute atomic E-state index is 0.434. The Labute approximate surface area is 96.6 Å². The fourth-order valence-electron chi connectivity index (χ4n) is 0.921. The van der Waals surface area contributed by atoms with Crippen LogP contribution in [0.25, 0.3) is 0 Å². The lowest BCUT2D eigenvalue weighted by Gasteiger charge is -2.05. The van der Waals surface area contributed by atoms with Crippen LogP contribution in [0.3, 0.4) is 0 Å². The van der Waals surface area contributed by atoms with Crippen molar-refractivity contribution in [2.45, 2.75) is 6.42 Å². The second-order valence-corrected chi connectivity index (χ2v) is 3.84. The number of halogens is 2. The predicted molar refractivity (Wildman–Crippen MR) is 60.1 cm³/mol. The lowest BCUT2D eigenvalue weighted by molar-refractivity contribution is 0.319. The van der Waals surface area contributed by atoms with Gasteiger partial charge in [0, 0.05) is 11.4 Å². The van der Waals surface area contributed by atoms with Crippen molar-refractivity contribution in [3.8, 4) is 11.8 Å². The van der Waals surface area contributed by atoms with Gasteiger partial charge in [0.2, 0.25) is 0 Å². The molecule has 0 saturated heterocycles. The Balaban J connectivity index is 2.63. The van der Waals surface area contributed by atoms with Crippen molar-refractivity contribution in [1.82, 2.24) is 0 Å². The monoisotopic (exact) mass is 273 g/mol. The lowest BCUT2D eigenvalue weighted by Crippen LogP contribution is -1.97. The number of hydrogen-bond acceptors (Lipinski definition) is 2. The van der Waals surface area contributed by atoms with E-state index in [-0.39, 0.29) is 0 Å². The normalized spacial score (nSPS) is 9.50. The van der Waals surface area contributed by atoms with Gasteiger partial charge >= 0.3 is 0 Å². The van der Waals surface area contributed by atoms with Crippen molar-refractivity contribution in [3.63, 3.8) is 0 Å². The Kier molecular flexibility index (Phi) is 4.78. The van der Waals surface area contributed by atoms with E-state index in [0.717, 1.165) is 11.8 Å². The van der Waals surface area contributed by atoms with Gasteiger partial charge in [-0.15, -0.1) is 0 Å². The highest BCUT2D eigenvalue weighted by Gasteiger charge is 2.01. The molecule has 0 aromatic heterocycles. The fraction of sp³-hybridized carbons (Fsp3) is 0.300. The molecule has 0 aliphatic carbocycles. The first-order chi connectivity index (χ1) is 6.77. The van der Waals surface area contributed by atoms with Crippen LogP contribution in [-0.4, -0.2) is 11.9 Å². The summed E-state index contributed by atoms with van der Waals surface area (Å²) < 4.78 is 5.40. The van der Waals surface area contributed by atoms with E-state index in [0.29, 0.717) is 22.9 Å². The maximum atomic E-state index is 8.64. The smallest absolute Gasteiger partial charge is 0.120 e. The summed E-state index contributed by atoms with van der Waals surface area (Å²) >= 11 is 9.14. The van der Waals surface area contributed by atoms with Crippen molar-refractivity contribution in [3.05, 3.63) is 28.8 Å². The first-order valence-electron chi connectivity index (χ1n) is 4.16. The molecule has 0 heterocycles. The Morgan fingerprint density at radius 1 is 1.50 bits per heavy atom. The van der Waals surface area contributed by atoms with Crippen molar-refractivity contribution >= 4 is 27.5 Å². The molecule has 0 unspecified atom stereocenters. The SMILES string of the molecule is N#Cc1ccc(OCCCBr)cc1Cl. The fourth-order valence-corrected chi connectivity index (χ4v) is 1.36. The molecule has 0 N–H and O–H groups in total. The summed E-state index contributed by atoms with van der Waals surface area (Å²) in [5, 5.41) is 9.99. The van der Waals surface area contributed by atoms with Crippen molar-refractivity contribution < 1.29 is 4.74 Å². The van der Waals surface area contributed by atoms with Gasteiger partial charge < -0.3 is 4.74 Å². The minimum Gasteiger partial charge on any atom is -0.494 e. The third kappa shape index (κ3) is 3.21. The van der Waals surface area contributed by atoms with Gasteiger partial charge in [-0.3, -0.25) is 0 Å². The van der Waals surface area contributed by atoms with Crippen LogP contribution in [0.4, 0.5) is 0 Å². The summed E-state index contributed by atoms with van der Waals surface area (Å²) in [6.45, 7) is 0.646. The minimum atomic E-state index is 0.434. The molecule has 0 atom stereocenters. The average Bonchev–Trinajstić information content (AvgIpc) is 2.18. The number of nitrogens with zero attached hydrogens (tertiary/aromatic N) is 1. The molecule has 74 valence electrons. The largest absolute Gasteiger partial charge is 0.494 e. The van der Waals surface area contributed by atoms with Crippen LogP contribution in [0.15, 0.2) is 18.2 Å². The molecule has 0 amide bonds. The van der Waals surface area contributed by atoms with Crippen molar-refractivity contribution in [2.24, 2.45) is 0 Å². The van der Waals surface area contributed by atoms with E-state index in [1.54, 1.807) is 18.2 Å². The van der Waals surface area contributed by atoms with E-state index in [1.807, 2.05) is 6.07 Å². The van der Waals surface area contributed by atoms with Crippen LogP contribution in [0, 0.1) is 11.3 Å². The van der Waals surface area contributed by atoms with Gasteiger partial charge in [0.25, 0.3) is 0 Å². The summed E-state index contributed by atoms with van der Waals surface area (Å²) in [6.07, 6.45) is 0.942. The van der Waals surface area contributed by atoms with E-state index in [4.69, 9.17) is 21.6 Å². The molecular formula is C10H9BrClNO. The van der Waals surface area contributed by atoms with Gasteiger partial charge in [-0.2, -0.15) is 5.26 Å². The number of ether oxygens (including phenoxy) is 1. The third-order valence-electron chi connectivity index (χ3n) is 1.61. The van der Waals surface area contributed by atoms with E-state index in [1.165, 1.54) is 0 Å². The molecule has 1 rings (SSSR count). The molecule has 0 aliphatic rings. The topological polar surface area (TPSA) is 33.0 Å². The van der Waals surface area contributed by atoms with Gasteiger partial charge in [-0.05, 0) is 18.6 Å². The van der Waals surface area contributed by atoms with Gasteiger partial charge in [0.15, 0.2) is 0 Å². The number of nitriles is 1. The highest BCUT2D eigenvalue weighted by molar-refractivity contribution is 9.09. The molecular weight excluding hydrogens is 265 g/mol. The Morgan fingerprint density at radius 2 is 2.29 bits per heavy atom. The first kappa shape index (κ1) is 11.4. The second kappa shape index (κ2) is 5.90. The zero-order valence-electron chi connectivity index (χ0n) is 7.46. The molecule has 14 heavy (non-hydrogen) atoms. The standard InChI is InChI=1S/C10H9BrClNO/c11-4-1-5-14-9-3-2-8(7-13)10(12)6-9/h2-3,6H,1,4-5H2. The van der Waals surface area contributed by atoms with E-state index >= 15 is 0 Å². The zero-order valence-corrected chi connectivity index (χ0v) is 9.81.